The molecule has 2 aliphatic rings. The van der Waals surface area contributed by atoms with E-state index in [1.807, 2.05) is 12.4 Å². The summed E-state index contributed by atoms with van der Waals surface area (Å²) in [6, 6.07) is 6.94. The van der Waals surface area contributed by atoms with E-state index in [1.165, 1.54) is 11.1 Å². The molecule has 1 aliphatic heterocycles. The topological polar surface area (TPSA) is 73.4 Å². The van der Waals surface area contributed by atoms with Gasteiger partial charge in [0, 0.05) is 24.4 Å². The van der Waals surface area contributed by atoms with Gasteiger partial charge in [-0.25, -0.2) is 15.0 Å². The van der Waals surface area contributed by atoms with Crippen LogP contribution in [0.5, 0.6) is 0 Å². The molecule has 22 heavy (non-hydrogen) atoms. The van der Waals surface area contributed by atoms with Gasteiger partial charge in [0.2, 0.25) is 0 Å². The molecular weight excluding hydrogens is 276 g/mol. The highest BCUT2D eigenvalue weighted by molar-refractivity contribution is 5.74. The minimum atomic E-state index is -0.179. The fourth-order valence-corrected chi connectivity index (χ4v) is 3.44. The van der Waals surface area contributed by atoms with Crippen molar-refractivity contribution in [2.24, 2.45) is 10.7 Å². The molecular formula is C17H18N4O. The molecule has 0 bridgehead atoms. The van der Waals surface area contributed by atoms with Crippen molar-refractivity contribution < 1.29 is 4.74 Å². The van der Waals surface area contributed by atoms with Gasteiger partial charge in [-0.1, -0.05) is 18.2 Å². The van der Waals surface area contributed by atoms with E-state index in [0.29, 0.717) is 12.6 Å². The predicted molar refractivity (Wildman–Crippen MR) is 84.4 cm³/mol. The second kappa shape index (κ2) is 5.09. The summed E-state index contributed by atoms with van der Waals surface area (Å²) in [7, 11) is 0. The number of ether oxygens (including phenoxy) is 1. The Morgan fingerprint density at radius 2 is 1.95 bits per heavy atom. The Balaban J connectivity index is 1.73. The van der Waals surface area contributed by atoms with Crippen LogP contribution >= 0.6 is 0 Å². The summed E-state index contributed by atoms with van der Waals surface area (Å²) in [5.74, 6) is 0. The van der Waals surface area contributed by atoms with Crippen molar-refractivity contribution in [1.29, 1.82) is 0 Å². The zero-order valence-corrected chi connectivity index (χ0v) is 12.3. The summed E-state index contributed by atoms with van der Waals surface area (Å²) in [5.41, 5.74) is 10.5. The van der Waals surface area contributed by atoms with Crippen LogP contribution in [-0.4, -0.2) is 28.1 Å². The summed E-state index contributed by atoms with van der Waals surface area (Å²) >= 11 is 0. The average Bonchev–Trinajstić information content (AvgIpc) is 2.80. The Morgan fingerprint density at radius 1 is 1.09 bits per heavy atom. The highest BCUT2D eigenvalue weighted by Crippen LogP contribution is 2.35. The number of aliphatic imine (C=N–C) groups is 1. The molecule has 2 heterocycles. The van der Waals surface area contributed by atoms with Crippen molar-refractivity contribution in [1.82, 2.24) is 9.97 Å². The number of amidine groups is 1. The number of hydrogen-bond acceptors (Lipinski definition) is 5. The summed E-state index contributed by atoms with van der Waals surface area (Å²) < 4.78 is 5.44. The SMILES string of the molecule is NC1=N[C@]2(CCCc3ccc(-c4cncnc4)cc3C2)CO1. The van der Waals surface area contributed by atoms with Gasteiger partial charge in [0.15, 0.2) is 0 Å². The maximum Gasteiger partial charge on any atom is 0.282 e. The number of benzene rings is 1. The molecule has 0 fully saturated rings. The fraction of sp³-hybridized carbons (Fsp3) is 0.353. The third kappa shape index (κ3) is 2.32. The Kier molecular flexibility index (Phi) is 3.06. The number of hydrogen-bond donors (Lipinski definition) is 1. The van der Waals surface area contributed by atoms with Gasteiger partial charge >= 0.3 is 0 Å². The first-order valence-electron chi connectivity index (χ1n) is 7.59. The number of aromatic nitrogens is 2. The molecule has 2 N–H and O–H groups in total. The van der Waals surface area contributed by atoms with Crippen LogP contribution in [0.25, 0.3) is 11.1 Å². The average molecular weight is 294 g/mol. The van der Waals surface area contributed by atoms with Crippen molar-refractivity contribution in [2.75, 3.05) is 6.61 Å². The van der Waals surface area contributed by atoms with Crippen LogP contribution in [0.2, 0.25) is 0 Å². The van der Waals surface area contributed by atoms with Gasteiger partial charge in [0.05, 0.1) is 0 Å². The minimum Gasteiger partial charge on any atom is -0.463 e. The molecule has 0 saturated carbocycles. The number of rotatable bonds is 1. The van der Waals surface area contributed by atoms with E-state index >= 15 is 0 Å². The van der Waals surface area contributed by atoms with Gasteiger partial charge in [-0.2, -0.15) is 0 Å². The van der Waals surface area contributed by atoms with E-state index in [1.54, 1.807) is 6.33 Å². The standard InChI is InChI=1S/C17H18N4O/c18-16-21-17(10-22-16)5-1-2-12-3-4-13(6-14(12)7-17)15-8-19-11-20-9-15/h3-4,6,8-9,11H,1-2,5,7,10H2,(H2,18,21)/t17-/m0/s1. The molecule has 0 amide bonds. The molecule has 5 nitrogen and oxygen atoms in total. The maximum atomic E-state index is 5.74. The molecule has 2 aromatic rings. The molecule has 0 saturated heterocycles. The lowest BCUT2D eigenvalue weighted by atomic mass is 9.89. The third-order valence-electron chi connectivity index (χ3n) is 4.54. The Hall–Kier alpha value is -2.43. The van der Waals surface area contributed by atoms with Crippen LogP contribution in [-0.2, 0) is 17.6 Å². The summed E-state index contributed by atoms with van der Waals surface area (Å²) in [5, 5.41) is 0. The van der Waals surface area contributed by atoms with Gasteiger partial charge < -0.3 is 10.5 Å². The summed E-state index contributed by atoms with van der Waals surface area (Å²) in [4.78, 5) is 12.8. The van der Waals surface area contributed by atoms with Crippen molar-refractivity contribution in [3.8, 4) is 11.1 Å². The van der Waals surface area contributed by atoms with Gasteiger partial charge in [0.1, 0.15) is 18.5 Å². The van der Waals surface area contributed by atoms with E-state index in [0.717, 1.165) is 36.8 Å². The Morgan fingerprint density at radius 3 is 2.73 bits per heavy atom. The highest BCUT2D eigenvalue weighted by atomic mass is 16.5. The van der Waals surface area contributed by atoms with Crippen LogP contribution in [0.4, 0.5) is 0 Å². The van der Waals surface area contributed by atoms with Gasteiger partial charge in [-0.05, 0) is 36.0 Å². The van der Waals surface area contributed by atoms with Crippen LogP contribution in [0.15, 0.2) is 41.9 Å². The second-order valence-corrected chi connectivity index (χ2v) is 6.10. The maximum absolute atomic E-state index is 5.74. The number of nitrogens with two attached hydrogens (primary N) is 1. The van der Waals surface area contributed by atoms with E-state index < -0.39 is 0 Å². The molecule has 1 atom stereocenters. The molecule has 5 heteroatoms. The highest BCUT2D eigenvalue weighted by Gasteiger charge is 2.37. The number of fused-ring (bicyclic) bond motifs is 1. The normalized spacial score (nSPS) is 23.5. The third-order valence-corrected chi connectivity index (χ3v) is 4.54. The smallest absolute Gasteiger partial charge is 0.282 e. The van der Waals surface area contributed by atoms with E-state index in [2.05, 4.69) is 33.2 Å². The van der Waals surface area contributed by atoms with Gasteiger partial charge in [-0.15, -0.1) is 0 Å². The zero-order valence-electron chi connectivity index (χ0n) is 12.3. The first-order chi connectivity index (χ1) is 10.7. The van der Waals surface area contributed by atoms with Crippen LogP contribution < -0.4 is 5.73 Å². The second-order valence-electron chi connectivity index (χ2n) is 6.10. The van der Waals surface area contributed by atoms with Crippen LogP contribution in [0.3, 0.4) is 0 Å². The Labute approximate surface area is 129 Å². The van der Waals surface area contributed by atoms with Crippen molar-refractivity contribution in [3.05, 3.63) is 48.0 Å². The molecule has 112 valence electrons. The minimum absolute atomic E-state index is 0.179. The lowest BCUT2D eigenvalue weighted by molar-refractivity contribution is 0.241. The summed E-state index contributed by atoms with van der Waals surface area (Å²) in [6.07, 6.45) is 9.33. The largest absolute Gasteiger partial charge is 0.463 e. The molecule has 0 radical (unpaired) electrons. The van der Waals surface area contributed by atoms with E-state index in [9.17, 15) is 0 Å². The van der Waals surface area contributed by atoms with Crippen molar-refractivity contribution >= 4 is 6.02 Å². The lowest BCUT2D eigenvalue weighted by Crippen LogP contribution is -2.30. The molecule has 0 unspecified atom stereocenters. The molecule has 1 aliphatic carbocycles. The number of aryl methyl sites for hydroxylation is 1. The zero-order chi connectivity index (χ0) is 15.0. The Bertz CT molecular complexity index is 729. The lowest BCUT2D eigenvalue weighted by Gasteiger charge is -2.22. The number of nitrogens with zero attached hydrogens (tertiary/aromatic N) is 3. The van der Waals surface area contributed by atoms with Gasteiger partial charge in [0.25, 0.3) is 6.02 Å². The first kappa shape index (κ1) is 13.2. The molecule has 1 spiro atoms. The molecule has 1 aromatic carbocycles. The van der Waals surface area contributed by atoms with E-state index in [4.69, 9.17) is 10.5 Å². The quantitative estimate of drug-likeness (QED) is 0.874. The van der Waals surface area contributed by atoms with Crippen LogP contribution in [0, 0.1) is 0 Å². The van der Waals surface area contributed by atoms with Crippen LogP contribution in [0.1, 0.15) is 24.0 Å². The molecule has 1 aromatic heterocycles. The van der Waals surface area contributed by atoms with Crippen molar-refractivity contribution in [2.45, 2.75) is 31.2 Å². The first-order valence-corrected chi connectivity index (χ1v) is 7.59. The van der Waals surface area contributed by atoms with Crippen molar-refractivity contribution in [3.63, 3.8) is 0 Å². The van der Waals surface area contributed by atoms with E-state index in [-0.39, 0.29) is 5.54 Å². The predicted octanol–water partition coefficient (Wildman–Crippen LogP) is 2.11. The summed E-state index contributed by atoms with van der Waals surface area (Å²) in [6.45, 7) is 0.594. The fourth-order valence-electron chi connectivity index (χ4n) is 3.44. The van der Waals surface area contributed by atoms with Gasteiger partial charge in [-0.3, -0.25) is 0 Å². The monoisotopic (exact) mass is 294 g/mol. The molecule has 4 rings (SSSR count).